The molecule has 4 aliphatic carbocycles. The van der Waals surface area contributed by atoms with Gasteiger partial charge >= 0.3 is 0 Å². The monoisotopic (exact) mass is 817 g/mol. The molecule has 10 nitrogen and oxygen atoms in total. The molecule has 12 atom stereocenters. The number of carbonyl (C=O) groups excluding carboxylic acids is 2. The Morgan fingerprint density at radius 1 is 0.983 bits per heavy atom. The predicted octanol–water partition coefficient (Wildman–Crippen LogP) is 5.69. The molecule has 2 aromatic rings. The van der Waals surface area contributed by atoms with Gasteiger partial charge in [-0.15, -0.1) is 0 Å². The van der Waals surface area contributed by atoms with Crippen LogP contribution in [0.1, 0.15) is 99.7 Å². The molecule has 8 N–H and O–H groups in total. The first-order valence-electron chi connectivity index (χ1n) is 22.4. The van der Waals surface area contributed by atoms with Gasteiger partial charge in [-0.05, 0) is 141 Å². The fourth-order valence-corrected chi connectivity index (χ4v) is 11.8. The van der Waals surface area contributed by atoms with Crippen LogP contribution in [0.25, 0.3) is 6.08 Å². The smallest absolute Gasteiger partial charge is 0.160 e. The minimum absolute atomic E-state index is 0.0539. The van der Waals surface area contributed by atoms with Gasteiger partial charge in [-0.25, -0.2) is 0 Å². The first kappa shape index (κ1) is 42.3. The van der Waals surface area contributed by atoms with Crippen LogP contribution in [0.5, 0.6) is 11.5 Å². The van der Waals surface area contributed by atoms with E-state index in [2.05, 4.69) is 22.5 Å². The summed E-state index contributed by atoms with van der Waals surface area (Å²) in [5, 5.41) is 53.4. The number of dihydropyridines is 1. The summed E-state index contributed by atoms with van der Waals surface area (Å²) in [5.74, 6) is 9.50. The molecule has 2 aliphatic heterocycles. The summed E-state index contributed by atoms with van der Waals surface area (Å²) in [7, 11) is 1.48. The lowest BCUT2D eigenvalue weighted by Crippen LogP contribution is -2.55. The molecule has 2 heterocycles. The van der Waals surface area contributed by atoms with Gasteiger partial charge in [-0.1, -0.05) is 60.4 Å². The number of ketones is 2. The molecule has 2 aromatic carbocycles. The van der Waals surface area contributed by atoms with Gasteiger partial charge in [0.25, 0.3) is 0 Å². The van der Waals surface area contributed by atoms with Gasteiger partial charge in [0.1, 0.15) is 11.2 Å². The first-order valence-corrected chi connectivity index (χ1v) is 22.4. The maximum atomic E-state index is 14.4. The number of methoxy groups -OCH3 is 1. The van der Waals surface area contributed by atoms with E-state index in [1.165, 1.54) is 7.11 Å². The van der Waals surface area contributed by atoms with E-state index in [0.717, 1.165) is 55.3 Å². The van der Waals surface area contributed by atoms with Gasteiger partial charge in [0.05, 0.1) is 31.2 Å². The number of fused-ring (bicyclic) bond motifs is 4. The summed E-state index contributed by atoms with van der Waals surface area (Å²) in [6.45, 7) is 1.51. The normalized spacial score (nSPS) is 33.2. The quantitative estimate of drug-likeness (QED) is 0.148. The van der Waals surface area contributed by atoms with E-state index in [9.17, 15) is 30.0 Å². The minimum Gasteiger partial charge on any atom is -0.504 e. The van der Waals surface area contributed by atoms with E-state index in [4.69, 9.17) is 10.5 Å². The summed E-state index contributed by atoms with van der Waals surface area (Å²) in [5.41, 5.74) is 8.33. The number of hydrogen-bond donors (Lipinski definition) is 7. The number of allylic oxidation sites excluding steroid dienone is 3. The highest BCUT2D eigenvalue weighted by Crippen LogP contribution is 2.51. The highest BCUT2D eigenvalue weighted by atomic mass is 16.5. The van der Waals surface area contributed by atoms with E-state index in [0.29, 0.717) is 91.4 Å². The van der Waals surface area contributed by atoms with Crippen molar-refractivity contribution in [1.29, 1.82) is 0 Å². The Labute approximate surface area is 354 Å². The van der Waals surface area contributed by atoms with E-state index >= 15 is 0 Å². The molecule has 1 saturated heterocycles. The van der Waals surface area contributed by atoms with Crippen molar-refractivity contribution in [2.75, 3.05) is 20.2 Å². The topological polar surface area (TPSA) is 174 Å². The maximum absolute atomic E-state index is 14.4. The maximum Gasteiger partial charge on any atom is 0.160 e. The third-order valence-corrected chi connectivity index (χ3v) is 15.2. The second kappa shape index (κ2) is 18.3. The zero-order valence-corrected chi connectivity index (χ0v) is 34.9. The lowest BCUT2D eigenvalue weighted by Gasteiger charge is -2.51. The molecule has 0 unspecified atom stereocenters. The van der Waals surface area contributed by atoms with Crippen LogP contribution in [0.3, 0.4) is 0 Å². The SMILES string of the molecule is COc1cc2c(cc1O)[C@@H](C[C@H](O)[C@H](O)C[C@H](/C=C/c1ccccc1)C1=CCNC(N)=C1)C#C[C@]1(CC[C@@H]([C@H]3CC[C@H]4[C@@H](CN[C@H]5CC(=O)CC[C@@H]45)C3)C[C@H]1O)C(=O)CC2. The van der Waals surface area contributed by atoms with E-state index < -0.39 is 29.6 Å². The number of aryl methyl sites for hydroxylation is 1. The average molecular weight is 818 g/mol. The molecular formula is C50H63N3O7. The molecule has 1 spiro atoms. The molecule has 320 valence electrons. The van der Waals surface area contributed by atoms with Gasteiger partial charge in [-0.3, -0.25) is 9.59 Å². The number of phenolic OH excluding ortho intramolecular Hbond substituents is 1. The van der Waals surface area contributed by atoms with Gasteiger partial charge in [-0.2, -0.15) is 0 Å². The summed E-state index contributed by atoms with van der Waals surface area (Å²) < 4.78 is 5.47. The van der Waals surface area contributed by atoms with Crippen LogP contribution in [0.2, 0.25) is 0 Å². The Kier molecular flexibility index (Phi) is 12.9. The number of carbonyl (C=O) groups is 2. The lowest BCUT2D eigenvalue weighted by molar-refractivity contribution is -0.135. The van der Waals surface area contributed by atoms with Gasteiger partial charge in [0, 0.05) is 43.7 Å². The van der Waals surface area contributed by atoms with Crippen molar-refractivity contribution in [2.45, 2.75) is 114 Å². The van der Waals surface area contributed by atoms with E-state index in [-0.39, 0.29) is 42.5 Å². The van der Waals surface area contributed by atoms with Crippen molar-refractivity contribution in [1.82, 2.24) is 10.6 Å². The molecular weight excluding hydrogens is 755 g/mol. The highest BCUT2D eigenvalue weighted by molar-refractivity contribution is 5.89. The molecule has 6 aliphatic rings. The Balaban J connectivity index is 1.01. The second-order valence-electron chi connectivity index (χ2n) is 18.6. The number of rotatable bonds is 10. The van der Waals surface area contributed by atoms with Crippen LogP contribution in [0.15, 0.2) is 72.1 Å². The Morgan fingerprint density at radius 3 is 2.58 bits per heavy atom. The van der Waals surface area contributed by atoms with E-state index in [1.807, 2.05) is 54.6 Å². The van der Waals surface area contributed by atoms with Gasteiger partial charge in [0.2, 0.25) is 0 Å². The highest BCUT2D eigenvalue weighted by Gasteiger charge is 2.51. The molecule has 10 heteroatoms. The van der Waals surface area contributed by atoms with Crippen LogP contribution in [-0.2, 0) is 16.0 Å². The van der Waals surface area contributed by atoms with Crippen molar-refractivity contribution < 1.29 is 34.8 Å². The van der Waals surface area contributed by atoms with Gasteiger partial charge < -0.3 is 41.5 Å². The largest absolute Gasteiger partial charge is 0.504 e. The minimum atomic E-state index is -1.24. The van der Waals surface area contributed by atoms with Crippen LogP contribution < -0.4 is 21.1 Å². The number of benzene rings is 2. The molecule has 8 rings (SSSR count). The third kappa shape index (κ3) is 8.97. The number of aliphatic hydroxyl groups is 3. The average Bonchev–Trinajstić information content (AvgIpc) is 3.30. The Morgan fingerprint density at radius 2 is 1.80 bits per heavy atom. The number of aromatic hydroxyl groups is 1. The van der Waals surface area contributed by atoms with Crippen molar-refractivity contribution in [2.24, 2.45) is 46.7 Å². The zero-order chi connectivity index (χ0) is 42.0. The molecule has 3 saturated carbocycles. The van der Waals surface area contributed by atoms with Crippen LogP contribution in [0.4, 0.5) is 0 Å². The number of aliphatic hydroxyl groups excluding tert-OH is 3. The zero-order valence-electron chi connectivity index (χ0n) is 34.9. The van der Waals surface area contributed by atoms with Crippen molar-refractivity contribution >= 4 is 17.6 Å². The fourth-order valence-electron chi connectivity index (χ4n) is 11.8. The lowest BCUT2D eigenvalue weighted by atomic mass is 9.57. The molecule has 0 bridgehead atoms. The molecule has 4 fully saturated rings. The first-order chi connectivity index (χ1) is 29.0. The van der Waals surface area contributed by atoms with Crippen molar-refractivity contribution in [3.63, 3.8) is 0 Å². The van der Waals surface area contributed by atoms with E-state index in [1.54, 1.807) is 12.1 Å². The van der Waals surface area contributed by atoms with Crippen molar-refractivity contribution in [3.8, 4) is 23.3 Å². The third-order valence-electron chi connectivity index (χ3n) is 15.2. The van der Waals surface area contributed by atoms with Crippen LogP contribution >= 0.6 is 0 Å². The summed E-state index contributed by atoms with van der Waals surface area (Å²) in [6.07, 6.45) is 13.1. The van der Waals surface area contributed by atoms with Gasteiger partial charge in [0.15, 0.2) is 17.3 Å². The summed E-state index contributed by atoms with van der Waals surface area (Å²) >= 11 is 0. The number of nitrogens with two attached hydrogens (primary N) is 1. The number of phenols is 1. The number of nitrogens with one attached hydrogen (secondary N) is 2. The second-order valence-corrected chi connectivity index (χ2v) is 18.6. The molecule has 60 heavy (non-hydrogen) atoms. The predicted molar refractivity (Wildman–Crippen MR) is 231 cm³/mol. The number of piperidine rings is 1. The summed E-state index contributed by atoms with van der Waals surface area (Å²) in [6, 6.07) is 13.6. The number of Topliss-reactive ketones (excluding diaryl/α,β-unsaturated/α-hetero) is 2. The molecule has 0 radical (unpaired) electrons. The fraction of sp³-hybridized carbons (Fsp3) is 0.560. The van der Waals surface area contributed by atoms with Crippen LogP contribution in [0, 0.1) is 52.8 Å². The number of ether oxygens (including phenoxy) is 1. The Hall–Kier alpha value is -4.40. The van der Waals surface area contributed by atoms with Crippen LogP contribution in [-0.4, -0.2) is 76.5 Å². The molecule has 0 amide bonds. The van der Waals surface area contributed by atoms with Crippen molar-refractivity contribution in [3.05, 3.63) is 88.8 Å². The molecule has 0 aromatic heterocycles. The summed E-state index contributed by atoms with van der Waals surface area (Å²) in [4.78, 5) is 26.5. The Bertz CT molecular complexity index is 2050. The standard InChI is InChI=1S/C50H63N3O7/c1-60-46-24-35-10-14-47(58)50(18-15-33(25-48(50)59)31-9-12-39-37(21-31)29-53-42-27-38(54)11-13-40(39)42)19-16-36(41(35)28-45(46)57)23-44(56)43(55)22-32(34-17-20-52-49(51)26-34)8-7-30-5-3-2-4-6-30/h2-8,17,24,26,28,31-33,36-37,39-40,42-44,48,52-53,55-57,59H,9-15,18,20-23,25,27,29,51H2,1H3/b8-7+/t31-,32-,33+,36+,37+,39-,40-,42-,43+,44-,48+,50+/m0/s1. The number of hydrogen-bond acceptors (Lipinski definition) is 10.